The summed E-state index contributed by atoms with van der Waals surface area (Å²) in [4.78, 5) is 105. The van der Waals surface area contributed by atoms with Gasteiger partial charge in [-0.1, -0.05) is 49.9 Å². The smallest absolute Gasteiger partial charge is 0.344 e. The average Bonchev–Trinajstić information content (AvgIpc) is 4.20. The molecular formula is C47H64Cl2F5N7O7. The normalized spacial score (nSPS) is 29.6. The highest BCUT2D eigenvalue weighted by atomic mass is 35.5. The third-order valence-electron chi connectivity index (χ3n) is 14.1. The summed E-state index contributed by atoms with van der Waals surface area (Å²) in [6, 6.07) is -2.99. The van der Waals surface area contributed by atoms with Crippen molar-refractivity contribution in [2.75, 3.05) is 33.7 Å². The molecule has 0 radical (unpaired) electrons. The molecule has 2 saturated heterocycles. The third-order valence-corrected chi connectivity index (χ3v) is 14.7. The van der Waals surface area contributed by atoms with Crippen LogP contribution in [0.5, 0.6) is 0 Å². The number of halogens is 7. The van der Waals surface area contributed by atoms with Gasteiger partial charge in [-0.15, -0.1) is 0 Å². The molecule has 21 heteroatoms. The van der Waals surface area contributed by atoms with Crippen molar-refractivity contribution in [1.82, 2.24) is 35.6 Å². The fourth-order valence-electron chi connectivity index (χ4n) is 9.68. The van der Waals surface area contributed by atoms with E-state index in [1.165, 1.54) is 28.7 Å². The Morgan fingerprint density at radius 1 is 0.897 bits per heavy atom. The maximum Gasteiger partial charge on any atom is 0.403 e. The van der Waals surface area contributed by atoms with Crippen molar-refractivity contribution in [3.63, 3.8) is 0 Å². The van der Waals surface area contributed by atoms with Gasteiger partial charge in [0.25, 0.3) is 0 Å². The van der Waals surface area contributed by atoms with E-state index < -0.39 is 127 Å². The number of nitrogens with one attached hydrogen (secondary N) is 3. The van der Waals surface area contributed by atoms with Crippen molar-refractivity contribution in [2.24, 2.45) is 23.2 Å². The highest BCUT2D eigenvalue weighted by molar-refractivity contribution is 6.33. The average molecular weight is 1000 g/mol. The Hall–Kier alpha value is -4.26. The van der Waals surface area contributed by atoms with Gasteiger partial charge in [-0.2, -0.15) is 13.2 Å². The summed E-state index contributed by atoms with van der Waals surface area (Å²) >= 11 is 12.8. The van der Waals surface area contributed by atoms with Crippen LogP contribution in [0.1, 0.15) is 103 Å². The number of rotatable bonds is 13. The molecule has 378 valence electrons. The molecule has 0 bridgehead atoms. The first-order chi connectivity index (χ1) is 31.9. The summed E-state index contributed by atoms with van der Waals surface area (Å²) in [7, 11) is 2.98. The Morgan fingerprint density at radius 3 is 2.16 bits per heavy atom. The first-order valence-electron chi connectivity index (χ1n) is 23.7. The van der Waals surface area contributed by atoms with Crippen molar-refractivity contribution >= 4 is 64.6 Å². The maximum absolute atomic E-state index is 15.1. The van der Waals surface area contributed by atoms with Gasteiger partial charge in [-0.3, -0.25) is 33.6 Å². The maximum atomic E-state index is 15.1. The largest absolute Gasteiger partial charge is 0.403 e. The van der Waals surface area contributed by atoms with Crippen LogP contribution in [-0.4, -0.2) is 149 Å². The van der Waals surface area contributed by atoms with Crippen molar-refractivity contribution < 1.29 is 55.5 Å². The predicted molar refractivity (Wildman–Crippen MR) is 242 cm³/mol. The van der Waals surface area contributed by atoms with Crippen LogP contribution < -0.4 is 16.0 Å². The predicted octanol–water partition coefficient (Wildman–Crippen LogP) is 5.55. The molecule has 3 saturated carbocycles. The number of carbonyl (C=O) groups excluding carboxylic acids is 7. The third kappa shape index (κ3) is 12.5. The van der Waals surface area contributed by atoms with Crippen molar-refractivity contribution in [2.45, 2.75) is 159 Å². The Labute approximate surface area is 404 Å². The molecule has 6 rings (SSSR count). The van der Waals surface area contributed by atoms with Crippen LogP contribution in [0.4, 0.5) is 22.0 Å². The highest BCUT2D eigenvalue weighted by Crippen LogP contribution is 2.56. The van der Waals surface area contributed by atoms with E-state index in [0.717, 1.165) is 12.8 Å². The second-order valence-electron chi connectivity index (χ2n) is 20.2. The van der Waals surface area contributed by atoms with Crippen LogP contribution in [0.3, 0.4) is 0 Å². The number of likely N-dealkylation sites (tertiary alicyclic amines) is 1. The molecule has 2 aliphatic heterocycles. The second-order valence-corrected chi connectivity index (χ2v) is 21.0. The Balaban J connectivity index is 1.32. The van der Waals surface area contributed by atoms with E-state index >= 15 is 9.18 Å². The van der Waals surface area contributed by atoms with Crippen LogP contribution in [0.2, 0.25) is 10.0 Å². The van der Waals surface area contributed by atoms with Gasteiger partial charge in [-0.05, 0) is 93.4 Å². The monoisotopic (exact) mass is 1000 g/mol. The highest BCUT2D eigenvalue weighted by Gasteiger charge is 2.69. The van der Waals surface area contributed by atoms with Crippen molar-refractivity contribution in [1.29, 1.82) is 0 Å². The van der Waals surface area contributed by atoms with Gasteiger partial charge in [0.05, 0.1) is 6.54 Å². The van der Waals surface area contributed by atoms with Gasteiger partial charge in [0.1, 0.15) is 54.0 Å². The minimum absolute atomic E-state index is 0.0120. The Kier molecular flexibility index (Phi) is 17.0. The number of amides is 7. The van der Waals surface area contributed by atoms with Crippen molar-refractivity contribution in [3.8, 4) is 0 Å². The molecular weight excluding hydrogens is 940 g/mol. The first-order valence-corrected chi connectivity index (χ1v) is 24.5. The number of likely N-dealkylation sites (N-methyl/N-ethyl adjacent to an activating group) is 2. The molecule has 3 aliphatic carbocycles. The summed E-state index contributed by atoms with van der Waals surface area (Å²) < 4.78 is 72.0. The number of nitrogens with zero attached hydrogens (tertiary/aromatic N) is 4. The number of alkyl halides is 5. The van der Waals surface area contributed by atoms with Crippen LogP contribution in [-0.2, 0) is 40.0 Å². The first kappa shape index (κ1) is 53.1. The molecule has 1 aromatic rings. The molecule has 0 spiro atoms. The number of carbonyl (C=O) groups is 7. The van der Waals surface area contributed by atoms with Gasteiger partial charge >= 0.3 is 6.18 Å². The van der Waals surface area contributed by atoms with E-state index in [0.29, 0.717) is 41.2 Å². The number of hydrogen-bond donors (Lipinski definition) is 3. The van der Waals surface area contributed by atoms with Gasteiger partial charge in [0, 0.05) is 62.9 Å². The number of benzene rings is 1. The summed E-state index contributed by atoms with van der Waals surface area (Å²) in [5.74, 6) is -5.86. The summed E-state index contributed by atoms with van der Waals surface area (Å²) in [6.07, 6.45) is -8.05. The lowest BCUT2D eigenvalue weighted by Crippen LogP contribution is -2.63. The second kappa shape index (κ2) is 21.8. The molecule has 1 aromatic carbocycles. The fourth-order valence-corrected chi connectivity index (χ4v) is 10.1. The van der Waals surface area contributed by atoms with Crippen LogP contribution in [0.25, 0.3) is 0 Å². The summed E-state index contributed by atoms with van der Waals surface area (Å²) in [5.41, 5.74) is -2.65. The minimum Gasteiger partial charge on any atom is -0.344 e. The molecule has 0 unspecified atom stereocenters. The van der Waals surface area contributed by atoms with E-state index in [4.69, 9.17) is 23.2 Å². The van der Waals surface area contributed by atoms with E-state index in [1.807, 2.05) is 13.8 Å². The Morgan fingerprint density at radius 2 is 1.56 bits per heavy atom. The van der Waals surface area contributed by atoms with E-state index in [1.54, 1.807) is 25.2 Å². The van der Waals surface area contributed by atoms with Crippen molar-refractivity contribution in [3.05, 3.63) is 33.8 Å². The van der Waals surface area contributed by atoms with Crippen LogP contribution >= 0.6 is 23.2 Å². The van der Waals surface area contributed by atoms with Gasteiger partial charge < -0.3 is 35.6 Å². The lowest BCUT2D eigenvalue weighted by molar-refractivity contribution is -0.260. The molecule has 5 fully saturated rings. The topological polar surface area (TPSA) is 169 Å². The SMILES string of the molecule is CC(C)C[C@@H]1NC(=O)[C@@H](N(CC2CC2)C(=O)[C@H](CC2CC2)NC(=O)[C@@H]2C[C@@H](F)CN2C(=O)C2(C(F)(F)F)CC(F)C2)CCCCN(C)C(=O)[C@@H](C)NC(=O)[C@H](Cc2cc(Cl)ccc2Cl)N(C)C1=O. The lowest BCUT2D eigenvalue weighted by Gasteiger charge is -2.46. The molecule has 2 heterocycles. The lowest BCUT2D eigenvalue weighted by atomic mass is 9.65. The quantitative estimate of drug-likeness (QED) is 0.218. The van der Waals surface area contributed by atoms with Gasteiger partial charge in [0.15, 0.2) is 0 Å². The molecule has 3 N–H and O–H groups in total. The fraction of sp³-hybridized carbons (Fsp3) is 0.723. The summed E-state index contributed by atoms with van der Waals surface area (Å²) in [5, 5.41) is 8.94. The minimum atomic E-state index is -5.15. The Bertz CT molecular complexity index is 2070. The molecule has 7 atom stereocenters. The van der Waals surface area contributed by atoms with E-state index in [-0.39, 0.29) is 61.5 Å². The molecule has 5 aliphatic rings. The van der Waals surface area contributed by atoms with Crippen LogP contribution in [0.15, 0.2) is 18.2 Å². The van der Waals surface area contributed by atoms with Gasteiger partial charge in [0.2, 0.25) is 41.4 Å². The standard InChI is InChI=1S/C47H64Cl2F5N7O7/c1-25(2)16-34-43(66)59(5)37(19-29-18-30(48)13-14-33(29)49)40(63)55-26(3)42(65)58(4)15-7-6-8-36(39(62)56-34)60(23-28-11-12-28)44(67)35(17-27-9-10-27)57-41(64)38-20-31(50)24-61(38)45(68)46(47(52,53)54)21-32(51)22-46/h13-14,18,25-28,31-32,34-38H,6-12,15-17,19-24H2,1-5H3,(H,55,63)(H,56,62)(H,57,64)/t26-,31-,32?,34+,35+,36+,37+,38+,46?/m1/s1. The number of hydrogen-bond acceptors (Lipinski definition) is 7. The zero-order chi connectivity index (χ0) is 50.0. The zero-order valence-electron chi connectivity index (χ0n) is 39.2. The molecule has 7 amide bonds. The zero-order valence-corrected chi connectivity index (χ0v) is 40.7. The van der Waals surface area contributed by atoms with Gasteiger partial charge in [-0.25, -0.2) is 8.78 Å². The molecule has 0 aromatic heterocycles. The summed E-state index contributed by atoms with van der Waals surface area (Å²) in [6.45, 7) is 4.73. The van der Waals surface area contributed by atoms with E-state index in [9.17, 15) is 46.3 Å². The van der Waals surface area contributed by atoms with Crippen LogP contribution in [0, 0.1) is 23.2 Å². The van der Waals surface area contributed by atoms with E-state index in [2.05, 4.69) is 16.0 Å². The molecule has 14 nitrogen and oxygen atoms in total. The molecule has 68 heavy (non-hydrogen) atoms.